The molecule has 0 aromatic carbocycles. The molecule has 0 fully saturated rings. The number of thioether (sulfide) groups is 1. The first kappa shape index (κ1) is 13.1. The maximum absolute atomic E-state index is 12.2. The van der Waals surface area contributed by atoms with Gasteiger partial charge in [-0.05, 0) is 11.8 Å². The first-order chi connectivity index (χ1) is 9.50. The van der Waals surface area contributed by atoms with E-state index >= 15 is 0 Å². The van der Waals surface area contributed by atoms with Gasteiger partial charge in [-0.2, -0.15) is 14.8 Å². The summed E-state index contributed by atoms with van der Waals surface area (Å²) in [7, 11) is 0. The van der Waals surface area contributed by atoms with Crippen molar-refractivity contribution in [2.75, 3.05) is 5.75 Å². The Morgan fingerprint density at radius 2 is 2.30 bits per heavy atom. The summed E-state index contributed by atoms with van der Waals surface area (Å²) >= 11 is 1.27. The summed E-state index contributed by atoms with van der Waals surface area (Å²) in [6.07, 6.45) is 2.88. The lowest BCUT2D eigenvalue weighted by Gasteiger charge is -2.29. The maximum Gasteiger partial charge on any atom is 0.253 e. The van der Waals surface area contributed by atoms with Crippen molar-refractivity contribution in [3.05, 3.63) is 17.5 Å². The summed E-state index contributed by atoms with van der Waals surface area (Å²) in [5, 5.41) is 13.5. The van der Waals surface area contributed by atoms with Crippen molar-refractivity contribution < 1.29 is 4.79 Å². The van der Waals surface area contributed by atoms with Crippen molar-refractivity contribution in [1.82, 2.24) is 19.6 Å². The summed E-state index contributed by atoms with van der Waals surface area (Å²) in [6, 6.07) is 2.04. The third kappa shape index (κ3) is 2.16. The van der Waals surface area contributed by atoms with Crippen LogP contribution in [-0.2, 0) is 6.42 Å². The topological polar surface area (TPSA) is 83.9 Å². The molecule has 2 aromatic heterocycles. The van der Waals surface area contributed by atoms with Crippen molar-refractivity contribution in [3.8, 4) is 6.07 Å². The Morgan fingerprint density at radius 3 is 3.05 bits per heavy atom. The van der Waals surface area contributed by atoms with Gasteiger partial charge in [-0.15, -0.1) is 5.10 Å². The Bertz CT molecular complexity index is 743. The first-order valence-electron chi connectivity index (χ1n) is 6.28. The van der Waals surface area contributed by atoms with Crippen molar-refractivity contribution in [2.45, 2.75) is 31.8 Å². The van der Waals surface area contributed by atoms with Crippen LogP contribution in [-0.4, -0.2) is 31.1 Å². The van der Waals surface area contributed by atoms with Crippen LogP contribution in [0.4, 0.5) is 0 Å². The molecule has 0 radical (unpaired) electrons. The zero-order valence-corrected chi connectivity index (χ0v) is 12.1. The van der Waals surface area contributed by atoms with Gasteiger partial charge in [0.25, 0.3) is 5.78 Å². The molecule has 0 amide bonds. The zero-order valence-electron chi connectivity index (χ0n) is 11.3. The van der Waals surface area contributed by atoms with Crippen LogP contribution < -0.4 is 0 Å². The molecule has 2 aromatic rings. The monoisotopic (exact) mass is 287 g/mol. The predicted octanol–water partition coefficient (Wildman–Crippen LogP) is 1.90. The Morgan fingerprint density at radius 1 is 1.50 bits per heavy atom. The summed E-state index contributed by atoms with van der Waals surface area (Å²) < 4.78 is 1.65. The standard InChI is InChI=1S/C13H13N5OS/c1-13(2)5-9-8(10(19)6-13)7-15-11-16-12(17-18(9)11)20-4-3-14/h7H,4-6H2,1-2H3. The van der Waals surface area contributed by atoms with Crippen molar-refractivity contribution in [1.29, 1.82) is 5.26 Å². The summed E-state index contributed by atoms with van der Waals surface area (Å²) in [5.41, 5.74) is 1.43. The minimum atomic E-state index is -0.0791. The van der Waals surface area contributed by atoms with Crippen molar-refractivity contribution in [3.63, 3.8) is 0 Å². The second-order valence-electron chi connectivity index (χ2n) is 5.61. The molecule has 7 heteroatoms. The van der Waals surface area contributed by atoms with E-state index in [1.54, 1.807) is 10.7 Å². The van der Waals surface area contributed by atoms with E-state index in [0.29, 0.717) is 28.7 Å². The van der Waals surface area contributed by atoms with Crippen LogP contribution in [0.1, 0.15) is 36.3 Å². The van der Waals surface area contributed by atoms with Gasteiger partial charge in [0.15, 0.2) is 5.78 Å². The molecule has 0 aliphatic heterocycles. The number of aromatic nitrogens is 4. The predicted molar refractivity (Wildman–Crippen MR) is 73.6 cm³/mol. The van der Waals surface area contributed by atoms with Gasteiger partial charge in [0.05, 0.1) is 23.1 Å². The number of hydrogen-bond donors (Lipinski definition) is 0. The normalized spacial score (nSPS) is 16.9. The molecule has 0 bridgehead atoms. The van der Waals surface area contributed by atoms with Gasteiger partial charge >= 0.3 is 0 Å². The van der Waals surface area contributed by atoms with Crippen LogP contribution in [0.15, 0.2) is 11.4 Å². The van der Waals surface area contributed by atoms with Crippen LogP contribution in [0.3, 0.4) is 0 Å². The van der Waals surface area contributed by atoms with E-state index in [-0.39, 0.29) is 11.2 Å². The molecule has 20 heavy (non-hydrogen) atoms. The lowest BCUT2D eigenvalue weighted by molar-refractivity contribution is 0.0908. The van der Waals surface area contributed by atoms with Crippen molar-refractivity contribution in [2.24, 2.45) is 5.41 Å². The third-order valence-corrected chi connectivity index (χ3v) is 4.00. The Balaban J connectivity index is 2.13. The Kier molecular flexibility index (Phi) is 2.98. The van der Waals surface area contributed by atoms with Gasteiger partial charge in [0.2, 0.25) is 5.16 Å². The highest BCUT2D eigenvalue weighted by Crippen LogP contribution is 2.34. The first-order valence-corrected chi connectivity index (χ1v) is 7.26. The van der Waals surface area contributed by atoms with E-state index in [1.165, 1.54) is 11.8 Å². The number of fused-ring (bicyclic) bond motifs is 3. The second kappa shape index (κ2) is 4.56. The Labute approximate surface area is 120 Å². The molecule has 0 atom stereocenters. The maximum atomic E-state index is 12.2. The highest BCUT2D eigenvalue weighted by molar-refractivity contribution is 7.99. The number of hydrogen-bond acceptors (Lipinski definition) is 6. The molecule has 0 unspecified atom stereocenters. The van der Waals surface area contributed by atoms with E-state index in [2.05, 4.69) is 28.9 Å². The molecule has 1 aliphatic carbocycles. The van der Waals surface area contributed by atoms with Crippen LogP contribution >= 0.6 is 11.8 Å². The molecular formula is C13H13N5OS. The minimum absolute atomic E-state index is 0.0791. The van der Waals surface area contributed by atoms with E-state index in [1.807, 2.05) is 6.07 Å². The van der Waals surface area contributed by atoms with Crippen molar-refractivity contribution >= 4 is 23.3 Å². The van der Waals surface area contributed by atoms with E-state index < -0.39 is 0 Å². The van der Waals surface area contributed by atoms with Crippen LogP contribution in [0.25, 0.3) is 5.78 Å². The fourth-order valence-corrected chi connectivity index (χ4v) is 2.95. The molecule has 0 saturated heterocycles. The number of carbonyl (C=O) groups excluding carboxylic acids is 1. The van der Waals surface area contributed by atoms with Gasteiger partial charge in [-0.25, -0.2) is 4.98 Å². The molecule has 6 nitrogen and oxygen atoms in total. The summed E-state index contributed by atoms with van der Waals surface area (Å²) in [6.45, 7) is 4.14. The van der Waals surface area contributed by atoms with Gasteiger partial charge in [0, 0.05) is 12.6 Å². The molecule has 1 aliphatic rings. The smallest absolute Gasteiger partial charge is 0.253 e. The summed E-state index contributed by atoms with van der Waals surface area (Å²) in [4.78, 5) is 20.6. The number of carbonyl (C=O) groups is 1. The molecule has 0 spiro atoms. The summed E-state index contributed by atoms with van der Waals surface area (Å²) in [5.74, 6) is 0.880. The average molecular weight is 287 g/mol. The molecule has 102 valence electrons. The lowest BCUT2D eigenvalue weighted by Crippen LogP contribution is -2.29. The number of ketones is 1. The second-order valence-corrected chi connectivity index (χ2v) is 6.55. The third-order valence-electron chi connectivity index (χ3n) is 3.30. The molecule has 3 rings (SSSR count). The number of rotatable bonds is 2. The largest absolute Gasteiger partial charge is 0.294 e. The van der Waals surface area contributed by atoms with Gasteiger partial charge < -0.3 is 0 Å². The SMILES string of the molecule is CC1(C)CC(=O)c2cnc3nc(SCC#N)nn3c2C1. The fourth-order valence-electron chi connectivity index (χ4n) is 2.47. The lowest BCUT2D eigenvalue weighted by atomic mass is 9.76. The zero-order chi connectivity index (χ0) is 14.3. The van der Waals surface area contributed by atoms with Gasteiger partial charge in [-0.3, -0.25) is 4.79 Å². The molecular weight excluding hydrogens is 274 g/mol. The fraction of sp³-hybridized carbons (Fsp3) is 0.462. The van der Waals surface area contributed by atoms with Crippen LogP contribution in [0, 0.1) is 16.7 Å². The molecule has 0 saturated carbocycles. The highest BCUT2D eigenvalue weighted by atomic mass is 32.2. The van der Waals surface area contributed by atoms with E-state index in [4.69, 9.17) is 5.26 Å². The minimum Gasteiger partial charge on any atom is -0.294 e. The van der Waals surface area contributed by atoms with Crippen LogP contribution in [0.2, 0.25) is 0 Å². The molecule has 0 N–H and O–H groups in total. The highest BCUT2D eigenvalue weighted by Gasteiger charge is 2.33. The quantitative estimate of drug-likeness (QED) is 0.784. The average Bonchev–Trinajstić information content (AvgIpc) is 2.78. The van der Waals surface area contributed by atoms with Crippen LogP contribution in [0.5, 0.6) is 0 Å². The molecule has 2 heterocycles. The van der Waals surface area contributed by atoms with E-state index in [9.17, 15) is 4.79 Å². The van der Waals surface area contributed by atoms with E-state index in [0.717, 1.165) is 12.1 Å². The number of nitriles is 1. The number of Topliss-reactive ketones (excluding diaryl/α,β-unsaturated/α-hetero) is 1. The number of nitrogens with zero attached hydrogens (tertiary/aromatic N) is 5. The van der Waals surface area contributed by atoms with Gasteiger partial charge in [0.1, 0.15) is 0 Å². The Hall–Kier alpha value is -1.94. The van der Waals surface area contributed by atoms with Gasteiger partial charge in [-0.1, -0.05) is 25.6 Å².